The number of nitrogens with one attached hydrogen (secondary N) is 2. The van der Waals surface area contributed by atoms with Gasteiger partial charge in [0.05, 0.1) is 52.1 Å². The number of ether oxygens (including phenoxy) is 3. The van der Waals surface area contributed by atoms with Crippen molar-refractivity contribution in [2.45, 2.75) is 38.0 Å². The first-order chi connectivity index (χ1) is 17.1. The molecule has 4 rings (SSSR count). The van der Waals surface area contributed by atoms with Crippen LogP contribution < -0.4 is 10.6 Å². The Bertz CT molecular complexity index is 875. The van der Waals surface area contributed by atoms with E-state index in [2.05, 4.69) is 10.6 Å². The Morgan fingerprint density at radius 3 is 2.31 bits per heavy atom. The smallest absolute Gasteiger partial charge is 0.228 e. The molecule has 2 saturated carbocycles. The first kappa shape index (κ1) is 25.9. The summed E-state index contributed by atoms with van der Waals surface area (Å²) >= 11 is 0. The number of amides is 1. The van der Waals surface area contributed by atoms with Gasteiger partial charge in [-0.25, -0.2) is 0 Å². The SMILES string of the molecule is O=C1CC(C(=O)NCCOCCOCCOCCNCC(=O)C2CC3CCC2C3)c2ccccc21. The van der Waals surface area contributed by atoms with Gasteiger partial charge in [-0.1, -0.05) is 30.7 Å². The third-order valence-electron chi connectivity index (χ3n) is 7.51. The number of hydrogen-bond acceptors (Lipinski definition) is 7. The third kappa shape index (κ3) is 7.19. The van der Waals surface area contributed by atoms with E-state index < -0.39 is 5.92 Å². The molecule has 3 aliphatic carbocycles. The highest BCUT2D eigenvalue weighted by Crippen LogP contribution is 2.48. The monoisotopic (exact) mass is 486 g/mol. The number of fused-ring (bicyclic) bond motifs is 3. The fourth-order valence-electron chi connectivity index (χ4n) is 5.73. The van der Waals surface area contributed by atoms with Gasteiger partial charge in [-0.15, -0.1) is 0 Å². The highest BCUT2D eigenvalue weighted by atomic mass is 16.5. The summed E-state index contributed by atoms with van der Waals surface area (Å²) in [7, 11) is 0. The van der Waals surface area contributed by atoms with Crippen LogP contribution in [0.2, 0.25) is 0 Å². The van der Waals surface area contributed by atoms with Crippen molar-refractivity contribution in [3.63, 3.8) is 0 Å². The van der Waals surface area contributed by atoms with Crippen molar-refractivity contribution in [1.29, 1.82) is 0 Å². The largest absolute Gasteiger partial charge is 0.378 e. The quantitative estimate of drug-likeness (QED) is 0.345. The number of benzene rings is 1. The molecule has 192 valence electrons. The van der Waals surface area contributed by atoms with Crippen LogP contribution in [0.25, 0.3) is 0 Å². The summed E-state index contributed by atoms with van der Waals surface area (Å²) < 4.78 is 16.5. The summed E-state index contributed by atoms with van der Waals surface area (Å²) in [5.74, 6) is 1.60. The summed E-state index contributed by atoms with van der Waals surface area (Å²) in [5, 5.41) is 6.05. The van der Waals surface area contributed by atoms with E-state index in [4.69, 9.17) is 14.2 Å². The molecule has 4 unspecified atom stereocenters. The van der Waals surface area contributed by atoms with Crippen LogP contribution in [0.1, 0.15) is 53.9 Å². The fraction of sp³-hybridized carbons (Fsp3) is 0.667. The average Bonchev–Trinajstić information content (AvgIpc) is 3.59. The Morgan fingerprint density at radius 1 is 0.886 bits per heavy atom. The Kier molecular flexibility index (Phi) is 9.83. The molecular weight excluding hydrogens is 448 g/mol. The van der Waals surface area contributed by atoms with Crippen LogP contribution in [0.4, 0.5) is 0 Å². The molecule has 0 aliphatic heterocycles. The summed E-state index contributed by atoms with van der Waals surface area (Å²) in [5.41, 5.74) is 1.47. The zero-order chi connectivity index (χ0) is 24.5. The molecule has 2 N–H and O–H groups in total. The van der Waals surface area contributed by atoms with Crippen molar-refractivity contribution in [2.24, 2.45) is 17.8 Å². The fourth-order valence-corrected chi connectivity index (χ4v) is 5.73. The average molecular weight is 487 g/mol. The highest BCUT2D eigenvalue weighted by molar-refractivity contribution is 6.06. The lowest BCUT2D eigenvalue weighted by Crippen LogP contribution is -2.33. The van der Waals surface area contributed by atoms with Crippen LogP contribution in [0, 0.1) is 17.8 Å². The predicted octanol–water partition coefficient (Wildman–Crippen LogP) is 2.12. The molecule has 1 aromatic carbocycles. The Hall–Kier alpha value is -2.13. The van der Waals surface area contributed by atoms with Gasteiger partial charge < -0.3 is 24.8 Å². The molecular formula is C27H38N2O6. The molecule has 2 bridgehead atoms. The topological polar surface area (TPSA) is 103 Å². The normalized spacial score (nSPS) is 24.6. The molecule has 1 amide bonds. The number of carbonyl (C=O) groups is 3. The van der Waals surface area contributed by atoms with Gasteiger partial charge in [0.2, 0.25) is 5.91 Å². The van der Waals surface area contributed by atoms with Crippen LogP contribution in [0.15, 0.2) is 24.3 Å². The summed E-state index contributed by atoms with van der Waals surface area (Å²) in [6.45, 7) is 4.34. The molecule has 0 spiro atoms. The lowest BCUT2D eigenvalue weighted by Gasteiger charge is -2.20. The standard InChI is InChI=1S/C27H38N2O6/c30-25-17-24(21-3-1-2-4-22(21)25)27(32)29-8-10-34-12-14-35-13-11-33-9-7-28-18-26(31)23-16-19-5-6-20(23)15-19/h1-4,19-20,23-24,28H,5-18H2,(H,29,32). The minimum Gasteiger partial charge on any atom is -0.378 e. The second-order valence-corrected chi connectivity index (χ2v) is 9.82. The maximum Gasteiger partial charge on any atom is 0.228 e. The van der Waals surface area contributed by atoms with Gasteiger partial charge >= 0.3 is 0 Å². The van der Waals surface area contributed by atoms with E-state index in [0.717, 1.165) is 17.9 Å². The maximum atomic E-state index is 12.4. The number of Topliss-reactive ketones (excluding diaryl/α,β-unsaturated/α-hetero) is 2. The lowest BCUT2D eigenvalue weighted by atomic mass is 9.85. The molecule has 2 fully saturated rings. The van der Waals surface area contributed by atoms with Gasteiger partial charge in [0.15, 0.2) is 5.78 Å². The molecule has 8 nitrogen and oxygen atoms in total. The van der Waals surface area contributed by atoms with Crippen molar-refractivity contribution in [3.05, 3.63) is 35.4 Å². The molecule has 35 heavy (non-hydrogen) atoms. The number of carbonyl (C=O) groups excluding carboxylic acids is 3. The van der Waals surface area contributed by atoms with Crippen molar-refractivity contribution in [3.8, 4) is 0 Å². The molecule has 3 aliphatic rings. The number of hydrogen-bond donors (Lipinski definition) is 2. The minimum atomic E-state index is -0.403. The van der Waals surface area contributed by atoms with Gasteiger partial charge in [-0.2, -0.15) is 0 Å². The summed E-state index contributed by atoms with van der Waals surface area (Å²) in [6, 6.07) is 7.30. The van der Waals surface area contributed by atoms with E-state index in [1.165, 1.54) is 19.3 Å². The van der Waals surface area contributed by atoms with E-state index in [1.807, 2.05) is 18.2 Å². The minimum absolute atomic E-state index is 0.0234. The Labute approximate surface area is 207 Å². The van der Waals surface area contributed by atoms with E-state index in [1.54, 1.807) is 6.07 Å². The van der Waals surface area contributed by atoms with E-state index in [9.17, 15) is 14.4 Å². The van der Waals surface area contributed by atoms with E-state index in [-0.39, 0.29) is 18.1 Å². The van der Waals surface area contributed by atoms with Crippen molar-refractivity contribution in [2.75, 3.05) is 59.3 Å². The second kappa shape index (κ2) is 13.3. The Morgan fingerprint density at radius 2 is 1.60 bits per heavy atom. The first-order valence-corrected chi connectivity index (χ1v) is 13.0. The zero-order valence-corrected chi connectivity index (χ0v) is 20.5. The van der Waals surface area contributed by atoms with Crippen LogP contribution in [-0.2, 0) is 23.8 Å². The Balaban J connectivity index is 0.918. The predicted molar refractivity (Wildman–Crippen MR) is 130 cm³/mol. The van der Waals surface area contributed by atoms with Gasteiger partial charge in [-0.05, 0) is 36.7 Å². The maximum absolute atomic E-state index is 12.4. The van der Waals surface area contributed by atoms with Gasteiger partial charge in [0, 0.05) is 31.0 Å². The van der Waals surface area contributed by atoms with Crippen molar-refractivity contribution >= 4 is 17.5 Å². The summed E-state index contributed by atoms with van der Waals surface area (Å²) in [4.78, 5) is 36.7. The summed E-state index contributed by atoms with van der Waals surface area (Å²) in [6.07, 6.45) is 5.17. The van der Waals surface area contributed by atoms with E-state index in [0.29, 0.717) is 82.5 Å². The number of ketones is 2. The van der Waals surface area contributed by atoms with Crippen LogP contribution in [0.5, 0.6) is 0 Å². The van der Waals surface area contributed by atoms with Gasteiger partial charge in [-0.3, -0.25) is 14.4 Å². The molecule has 4 atom stereocenters. The molecule has 0 heterocycles. The molecule has 8 heteroatoms. The zero-order valence-electron chi connectivity index (χ0n) is 20.5. The van der Waals surface area contributed by atoms with Crippen molar-refractivity contribution in [1.82, 2.24) is 10.6 Å². The highest BCUT2D eigenvalue weighted by Gasteiger charge is 2.42. The number of rotatable bonds is 16. The molecule has 0 radical (unpaired) electrons. The van der Waals surface area contributed by atoms with Gasteiger partial charge in [0.1, 0.15) is 5.78 Å². The van der Waals surface area contributed by atoms with Crippen LogP contribution >= 0.6 is 0 Å². The van der Waals surface area contributed by atoms with E-state index >= 15 is 0 Å². The molecule has 0 saturated heterocycles. The molecule has 0 aromatic heterocycles. The lowest BCUT2D eigenvalue weighted by molar-refractivity contribution is -0.124. The second-order valence-electron chi connectivity index (χ2n) is 9.82. The first-order valence-electron chi connectivity index (χ1n) is 13.0. The van der Waals surface area contributed by atoms with Crippen LogP contribution in [0.3, 0.4) is 0 Å². The van der Waals surface area contributed by atoms with Gasteiger partial charge in [0.25, 0.3) is 0 Å². The third-order valence-corrected chi connectivity index (χ3v) is 7.51. The molecule has 1 aromatic rings. The van der Waals surface area contributed by atoms with Crippen LogP contribution in [-0.4, -0.2) is 76.7 Å². The van der Waals surface area contributed by atoms with Crippen molar-refractivity contribution < 1.29 is 28.6 Å².